The Balaban J connectivity index is 1.52. The molecule has 0 aliphatic carbocycles. The average molecular weight is 431 g/mol. The van der Waals surface area contributed by atoms with Gasteiger partial charge in [0, 0.05) is 24.4 Å². The summed E-state index contributed by atoms with van der Waals surface area (Å²) < 4.78 is 7.17. The predicted molar refractivity (Wildman–Crippen MR) is 120 cm³/mol. The van der Waals surface area contributed by atoms with Crippen LogP contribution in [0.5, 0.6) is 0 Å². The Hall–Kier alpha value is -3.81. The SMILES string of the molecule is CCc1ccc(CNC(=O)c2cn(-c3ncccc3-c3nc(C(C)(C)C)no3)cn2)cc1. The van der Waals surface area contributed by atoms with Gasteiger partial charge >= 0.3 is 0 Å². The first-order chi connectivity index (χ1) is 15.3. The monoisotopic (exact) mass is 430 g/mol. The molecule has 3 heterocycles. The van der Waals surface area contributed by atoms with E-state index in [2.05, 4.69) is 44.5 Å². The lowest BCUT2D eigenvalue weighted by atomic mass is 9.96. The lowest BCUT2D eigenvalue weighted by Gasteiger charge is -2.11. The summed E-state index contributed by atoms with van der Waals surface area (Å²) >= 11 is 0. The second-order valence-electron chi connectivity index (χ2n) is 8.57. The fourth-order valence-corrected chi connectivity index (χ4v) is 3.13. The highest BCUT2D eigenvalue weighted by Crippen LogP contribution is 2.27. The Kier molecular flexibility index (Phi) is 5.85. The molecule has 1 amide bonds. The number of hydrogen-bond acceptors (Lipinski definition) is 6. The molecule has 32 heavy (non-hydrogen) atoms. The maximum absolute atomic E-state index is 12.6. The van der Waals surface area contributed by atoms with Crippen LogP contribution in [0, 0.1) is 0 Å². The second kappa shape index (κ2) is 8.74. The molecular weight excluding hydrogens is 404 g/mol. The summed E-state index contributed by atoms with van der Waals surface area (Å²) in [6.45, 7) is 8.60. The molecule has 0 unspecified atom stereocenters. The number of hydrogen-bond donors (Lipinski definition) is 1. The van der Waals surface area contributed by atoms with E-state index in [1.807, 2.05) is 39.0 Å². The van der Waals surface area contributed by atoms with Gasteiger partial charge in [-0.25, -0.2) is 9.97 Å². The minimum Gasteiger partial charge on any atom is -0.347 e. The third kappa shape index (κ3) is 4.59. The number of rotatable bonds is 6. The van der Waals surface area contributed by atoms with Gasteiger partial charge in [0.15, 0.2) is 11.6 Å². The molecule has 0 atom stereocenters. The van der Waals surface area contributed by atoms with Gasteiger partial charge in [0.05, 0.1) is 5.56 Å². The number of pyridine rings is 1. The molecular formula is C24H26N6O2. The molecule has 1 aromatic carbocycles. The van der Waals surface area contributed by atoms with Crippen LogP contribution < -0.4 is 5.32 Å². The van der Waals surface area contributed by atoms with Gasteiger partial charge in [-0.2, -0.15) is 4.98 Å². The number of nitrogens with one attached hydrogen (secondary N) is 1. The summed E-state index contributed by atoms with van der Waals surface area (Å²) in [4.78, 5) is 25.8. The van der Waals surface area contributed by atoms with Crippen molar-refractivity contribution in [1.82, 2.24) is 30.0 Å². The number of benzene rings is 1. The first kappa shape index (κ1) is 21.4. The minimum atomic E-state index is -0.256. The van der Waals surface area contributed by atoms with E-state index in [0.717, 1.165) is 12.0 Å². The van der Waals surface area contributed by atoms with E-state index in [0.29, 0.717) is 35.3 Å². The maximum atomic E-state index is 12.6. The predicted octanol–water partition coefficient (Wildman–Crippen LogP) is 4.11. The van der Waals surface area contributed by atoms with Crippen molar-refractivity contribution < 1.29 is 9.32 Å². The van der Waals surface area contributed by atoms with Crippen LogP contribution >= 0.6 is 0 Å². The Morgan fingerprint density at radius 1 is 1.09 bits per heavy atom. The molecule has 0 radical (unpaired) electrons. The van der Waals surface area contributed by atoms with Gasteiger partial charge in [-0.1, -0.05) is 57.1 Å². The fraction of sp³-hybridized carbons (Fsp3) is 0.292. The van der Waals surface area contributed by atoms with Crippen LogP contribution in [0.1, 0.15) is 55.1 Å². The first-order valence-electron chi connectivity index (χ1n) is 10.5. The van der Waals surface area contributed by atoms with Gasteiger partial charge in [-0.15, -0.1) is 0 Å². The molecule has 8 nitrogen and oxygen atoms in total. The number of aryl methyl sites for hydroxylation is 1. The zero-order chi connectivity index (χ0) is 22.7. The van der Waals surface area contributed by atoms with E-state index in [1.54, 1.807) is 29.4 Å². The smallest absolute Gasteiger partial charge is 0.271 e. The van der Waals surface area contributed by atoms with Crippen molar-refractivity contribution in [3.63, 3.8) is 0 Å². The van der Waals surface area contributed by atoms with Crippen molar-refractivity contribution in [2.24, 2.45) is 0 Å². The van der Waals surface area contributed by atoms with Crippen molar-refractivity contribution in [2.75, 3.05) is 0 Å². The van der Waals surface area contributed by atoms with Gasteiger partial charge in [0.2, 0.25) is 0 Å². The molecule has 3 aromatic heterocycles. The summed E-state index contributed by atoms with van der Waals surface area (Å²) in [6, 6.07) is 11.8. The topological polar surface area (TPSA) is 98.7 Å². The lowest BCUT2D eigenvalue weighted by molar-refractivity contribution is 0.0946. The third-order valence-electron chi connectivity index (χ3n) is 5.06. The normalized spacial score (nSPS) is 11.5. The van der Waals surface area contributed by atoms with E-state index in [1.165, 1.54) is 5.56 Å². The number of carbonyl (C=O) groups is 1. The van der Waals surface area contributed by atoms with Crippen LogP contribution in [-0.2, 0) is 18.4 Å². The first-order valence-corrected chi connectivity index (χ1v) is 10.5. The van der Waals surface area contributed by atoms with Crippen LogP contribution in [0.15, 0.2) is 59.6 Å². The van der Waals surface area contributed by atoms with Crippen LogP contribution in [-0.4, -0.2) is 30.6 Å². The van der Waals surface area contributed by atoms with E-state index < -0.39 is 0 Å². The molecule has 0 saturated carbocycles. The van der Waals surface area contributed by atoms with Gasteiger partial charge in [-0.3, -0.25) is 9.36 Å². The summed E-state index contributed by atoms with van der Waals surface area (Å²) in [5.41, 5.74) is 3.03. The van der Waals surface area contributed by atoms with Crippen molar-refractivity contribution in [1.29, 1.82) is 0 Å². The minimum absolute atomic E-state index is 0.235. The van der Waals surface area contributed by atoms with Crippen molar-refractivity contribution in [2.45, 2.75) is 46.1 Å². The molecule has 0 saturated heterocycles. The summed E-state index contributed by atoms with van der Waals surface area (Å²) in [7, 11) is 0. The highest BCUT2D eigenvalue weighted by molar-refractivity contribution is 5.92. The molecule has 164 valence electrons. The molecule has 4 aromatic rings. The summed E-state index contributed by atoms with van der Waals surface area (Å²) in [6.07, 6.45) is 5.85. The molecule has 1 N–H and O–H groups in total. The average Bonchev–Trinajstić information content (AvgIpc) is 3.48. The second-order valence-corrected chi connectivity index (χ2v) is 8.57. The zero-order valence-corrected chi connectivity index (χ0v) is 18.7. The number of aromatic nitrogens is 5. The molecule has 4 rings (SSSR count). The molecule has 0 aliphatic heterocycles. The molecule has 0 aliphatic rings. The van der Waals surface area contributed by atoms with Gasteiger partial charge in [0.1, 0.15) is 12.0 Å². The van der Waals surface area contributed by atoms with E-state index in [9.17, 15) is 4.79 Å². The Bertz CT molecular complexity index is 1220. The van der Waals surface area contributed by atoms with Crippen LogP contribution in [0.4, 0.5) is 0 Å². The number of carbonyl (C=O) groups excluding carboxylic acids is 1. The zero-order valence-electron chi connectivity index (χ0n) is 18.7. The quantitative estimate of drug-likeness (QED) is 0.494. The number of amides is 1. The van der Waals surface area contributed by atoms with Gasteiger partial charge in [-0.05, 0) is 29.7 Å². The van der Waals surface area contributed by atoms with E-state index in [4.69, 9.17) is 4.52 Å². The lowest BCUT2D eigenvalue weighted by Crippen LogP contribution is -2.23. The van der Waals surface area contributed by atoms with Crippen molar-refractivity contribution in [3.8, 4) is 17.3 Å². The van der Waals surface area contributed by atoms with Gasteiger partial charge < -0.3 is 9.84 Å². The van der Waals surface area contributed by atoms with Crippen LogP contribution in [0.3, 0.4) is 0 Å². The highest BCUT2D eigenvalue weighted by atomic mass is 16.5. The third-order valence-corrected chi connectivity index (χ3v) is 5.06. The summed E-state index contributed by atoms with van der Waals surface area (Å²) in [5, 5.41) is 7.00. The van der Waals surface area contributed by atoms with E-state index >= 15 is 0 Å². The Morgan fingerprint density at radius 2 is 1.84 bits per heavy atom. The van der Waals surface area contributed by atoms with Crippen LogP contribution in [0.25, 0.3) is 17.3 Å². The maximum Gasteiger partial charge on any atom is 0.271 e. The number of nitrogens with zero attached hydrogens (tertiary/aromatic N) is 5. The highest BCUT2D eigenvalue weighted by Gasteiger charge is 2.23. The molecule has 8 heteroatoms. The van der Waals surface area contributed by atoms with E-state index in [-0.39, 0.29) is 11.3 Å². The largest absolute Gasteiger partial charge is 0.347 e. The number of imidazole rings is 1. The Labute approximate surface area is 186 Å². The standard InChI is InChI=1S/C24H26N6O2/c1-5-16-8-10-17(11-9-16)13-26-21(31)19-14-30(15-27-19)20-18(7-6-12-25-20)22-28-23(29-32-22)24(2,3)4/h6-12,14-15H,5,13H2,1-4H3,(H,26,31). The van der Waals surface area contributed by atoms with Gasteiger partial charge in [0.25, 0.3) is 11.8 Å². The van der Waals surface area contributed by atoms with Crippen molar-refractivity contribution >= 4 is 5.91 Å². The van der Waals surface area contributed by atoms with Crippen LogP contribution in [0.2, 0.25) is 0 Å². The molecule has 0 bridgehead atoms. The Morgan fingerprint density at radius 3 is 2.53 bits per heavy atom. The van der Waals surface area contributed by atoms with Crippen molar-refractivity contribution in [3.05, 3.63) is 77.8 Å². The molecule has 0 fully saturated rings. The molecule has 0 spiro atoms. The fourth-order valence-electron chi connectivity index (χ4n) is 3.13. The summed E-state index contributed by atoms with van der Waals surface area (Å²) in [5.74, 6) is 1.28.